The van der Waals surface area contributed by atoms with Crippen LogP contribution in [0.25, 0.3) is 17.1 Å². The maximum atomic E-state index is 12.8. The zero-order chi connectivity index (χ0) is 18.1. The van der Waals surface area contributed by atoms with Gasteiger partial charge in [-0.3, -0.25) is 14.6 Å². The molecule has 2 fully saturated rings. The maximum absolute atomic E-state index is 12.8. The Labute approximate surface area is 150 Å². The van der Waals surface area contributed by atoms with E-state index in [9.17, 15) is 9.59 Å². The Kier molecular flexibility index (Phi) is 4.28. The van der Waals surface area contributed by atoms with Crippen LogP contribution in [0, 0.1) is 11.8 Å². The molecule has 7 nitrogen and oxygen atoms in total. The summed E-state index contributed by atoms with van der Waals surface area (Å²) in [5.74, 6) is -1.38. The van der Waals surface area contributed by atoms with Crippen molar-refractivity contribution >= 4 is 34.8 Å². The van der Waals surface area contributed by atoms with Crippen LogP contribution in [-0.2, 0) is 19.1 Å². The van der Waals surface area contributed by atoms with E-state index in [2.05, 4.69) is 15.0 Å². The number of ketones is 1. The van der Waals surface area contributed by atoms with E-state index in [1.807, 2.05) is 12.1 Å². The van der Waals surface area contributed by atoms with E-state index in [1.165, 1.54) is 0 Å². The number of aliphatic imine (C=N–C) groups is 1. The number of Topliss-reactive ketones (excluding diaryl/α,β-unsaturated/α-hetero) is 1. The molecule has 1 saturated carbocycles. The third kappa shape index (κ3) is 3.12. The van der Waals surface area contributed by atoms with Gasteiger partial charge in [0.15, 0.2) is 11.7 Å². The fraction of sp³-hybridized carbons (Fsp3) is 0.368. The molecule has 3 heterocycles. The third-order valence-corrected chi connectivity index (χ3v) is 4.46. The summed E-state index contributed by atoms with van der Waals surface area (Å²) < 4.78 is 10.7. The molecular formula is C19H19N3O4. The van der Waals surface area contributed by atoms with Gasteiger partial charge in [-0.2, -0.15) is 0 Å². The zero-order valence-corrected chi connectivity index (χ0v) is 14.4. The largest absolute Gasteiger partial charge is 0.465 e. The number of ether oxygens (including phenoxy) is 2. The standard InChI is InChI=1S/C19H19N3O4/c1-2-25-19(24)15-16(23)14(26-18(15)22-9-11-5-6-11)8-12-10-21-17-13(12)4-3-7-20-17/h3-4,7-8,10-11,15H,2,5-6,9H2,1H3,(H,20,21)/b14-8-,22-18?. The Morgan fingerprint density at radius 2 is 2.35 bits per heavy atom. The summed E-state index contributed by atoms with van der Waals surface area (Å²) in [6, 6.07) is 3.72. The number of nitrogens with zero attached hydrogens (tertiary/aromatic N) is 2. The van der Waals surface area contributed by atoms with Crippen LogP contribution in [0.2, 0.25) is 0 Å². The summed E-state index contributed by atoms with van der Waals surface area (Å²) in [5.41, 5.74) is 1.48. The van der Waals surface area contributed by atoms with Gasteiger partial charge >= 0.3 is 5.97 Å². The highest BCUT2D eigenvalue weighted by Gasteiger charge is 2.44. The van der Waals surface area contributed by atoms with E-state index in [1.54, 1.807) is 25.4 Å². The van der Waals surface area contributed by atoms with Crippen molar-refractivity contribution in [1.82, 2.24) is 9.97 Å². The number of H-pyrrole nitrogens is 1. The molecule has 4 rings (SSSR count). The maximum Gasteiger partial charge on any atom is 0.326 e. The summed E-state index contributed by atoms with van der Waals surface area (Å²) in [7, 11) is 0. The first-order valence-electron chi connectivity index (χ1n) is 8.74. The van der Waals surface area contributed by atoms with Crippen molar-refractivity contribution in [3.8, 4) is 0 Å². The van der Waals surface area contributed by atoms with Crippen LogP contribution < -0.4 is 0 Å². The molecule has 1 N–H and O–H groups in total. The zero-order valence-electron chi connectivity index (χ0n) is 14.4. The van der Waals surface area contributed by atoms with Gasteiger partial charge in [-0.1, -0.05) is 0 Å². The molecule has 2 aliphatic rings. The highest BCUT2D eigenvalue weighted by Crippen LogP contribution is 2.31. The molecule has 0 bridgehead atoms. The molecule has 0 aromatic carbocycles. The summed E-state index contributed by atoms with van der Waals surface area (Å²) in [6.45, 7) is 2.48. The van der Waals surface area contributed by atoms with Crippen molar-refractivity contribution in [2.75, 3.05) is 13.2 Å². The summed E-state index contributed by atoms with van der Waals surface area (Å²) in [6.07, 6.45) is 7.31. The van der Waals surface area contributed by atoms with Crippen molar-refractivity contribution in [3.05, 3.63) is 35.8 Å². The van der Waals surface area contributed by atoms with E-state index in [0.717, 1.165) is 29.4 Å². The lowest BCUT2D eigenvalue weighted by atomic mass is 10.0. The molecule has 1 unspecified atom stereocenters. The predicted octanol–water partition coefficient (Wildman–Crippen LogP) is 2.49. The van der Waals surface area contributed by atoms with Crippen LogP contribution in [0.15, 0.2) is 35.3 Å². The van der Waals surface area contributed by atoms with Gasteiger partial charge in [0, 0.05) is 29.9 Å². The fourth-order valence-electron chi connectivity index (χ4n) is 2.89. The van der Waals surface area contributed by atoms with Crippen molar-refractivity contribution in [1.29, 1.82) is 0 Å². The van der Waals surface area contributed by atoms with Crippen LogP contribution >= 0.6 is 0 Å². The van der Waals surface area contributed by atoms with E-state index in [-0.39, 0.29) is 18.3 Å². The molecule has 0 radical (unpaired) electrons. The van der Waals surface area contributed by atoms with Gasteiger partial charge in [0.1, 0.15) is 5.65 Å². The molecule has 2 aromatic rings. The van der Waals surface area contributed by atoms with Crippen molar-refractivity contribution < 1.29 is 19.1 Å². The van der Waals surface area contributed by atoms with Gasteiger partial charge < -0.3 is 14.5 Å². The molecule has 1 aliphatic heterocycles. The van der Waals surface area contributed by atoms with Crippen molar-refractivity contribution in [2.45, 2.75) is 19.8 Å². The first kappa shape index (κ1) is 16.5. The van der Waals surface area contributed by atoms with Gasteiger partial charge in [-0.25, -0.2) is 4.98 Å². The van der Waals surface area contributed by atoms with Crippen LogP contribution in [0.4, 0.5) is 0 Å². The first-order chi connectivity index (χ1) is 12.7. The molecule has 7 heteroatoms. The van der Waals surface area contributed by atoms with E-state index in [0.29, 0.717) is 12.5 Å². The van der Waals surface area contributed by atoms with Gasteiger partial charge in [-0.05, 0) is 43.9 Å². The van der Waals surface area contributed by atoms with Crippen LogP contribution in [0.1, 0.15) is 25.3 Å². The van der Waals surface area contributed by atoms with Gasteiger partial charge in [0.2, 0.25) is 11.7 Å². The molecule has 1 aliphatic carbocycles. The molecule has 1 saturated heterocycles. The molecular weight excluding hydrogens is 334 g/mol. The number of hydrogen-bond acceptors (Lipinski definition) is 6. The molecule has 1 atom stereocenters. The molecule has 26 heavy (non-hydrogen) atoms. The number of hydrogen-bond donors (Lipinski definition) is 1. The highest BCUT2D eigenvalue weighted by atomic mass is 16.5. The number of carbonyl (C=O) groups is 2. The van der Waals surface area contributed by atoms with Gasteiger partial charge in [-0.15, -0.1) is 0 Å². The highest BCUT2D eigenvalue weighted by molar-refractivity contribution is 6.27. The number of aromatic nitrogens is 2. The Morgan fingerprint density at radius 1 is 1.50 bits per heavy atom. The Bertz CT molecular complexity index is 924. The number of allylic oxidation sites excluding steroid dienone is 1. The second-order valence-corrected chi connectivity index (χ2v) is 6.43. The minimum absolute atomic E-state index is 0.0994. The fourth-order valence-corrected chi connectivity index (χ4v) is 2.89. The van der Waals surface area contributed by atoms with E-state index < -0.39 is 17.7 Å². The summed E-state index contributed by atoms with van der Waals surface area (Å²) in [4.78, 5) is 36.6. The topological polar surface area (TPSA) is 93.6 Å². The van der Waals surface area contributed by atoms with Crippen LogP contribution in [0.5, 0.6) is 0 Å². The van der Waals surface area contributed by atoms with Crippen LogP contribution in [0.3, 0.4) is 0 Å². The van der Waals surface area contributed by atoms with Crippen LogP contribution in [-0.4, -0.2) is 40.8 Å². The van der Waals surface area contributed by atoms with E-state index in [4.69, 9.17) is 9.47 Å². The normalized spacial score (nSPS) is 23.0. The molecule has 2 aromatic heterocycles. The monoisotopic (exact) mass is 353 g/mol. The number of nitrogens with one attached hydrogen (secondary N) is 1. The second-order valence-electron chi connectivity index (χ2n) is 6.43. The number of fused-ring (bicyclic) bond motifs is 1. The lowest BCUT2D eigenvalue weighted by molar-refractivity contribution is -0.147. The molecule has 0 spiro atoms. The van der Waals surface area contributed by atoms with Gasteiger partial charge in [0.05, 0.1) is 6.61 Å². The van der Waals surface area contributed by atoms with Gasteiger partial charge in [0.25, 0.3) is 0 Å². The van der Waals surface area contributed by atoms with Crippen molar-refractivity contribution in [3.63, 3.8) is 0 Å². The third-order valence-electron chi connectivity index (χ3n) is 4.46. The summed E-state index contributed by atoms with van der Waals surface area (Å²) >= 11 is 0. The summed E-state index contributed by atoms with van der Waals surface area (Å²) in [5, 5.41) is 0.868. The SMILES string of the molecule is CCOC(=O)C1C(=O)/C(=C/c2c[nH]c3ncccc23)OC1=NCC1CC1. The molecule has 134 valence electrons. The smallest absolute Gasteiger partial charge is 0.326 e. The first-order valence-corrected chi connectivity index (χ1v) is 8.74. The number of aromatic amines is 1. The number of esters is 1. The Balaban J connectivity index is 1.66. The number of pyridine rings is 1. The average Bonchev–Trinajstić information content (AvgIpc) is 3.31. The van der Waals surface area contributed by atoms with E-state index >= 15 is 0 Å². The minimum Gasteiger partial charge on any atom is -0.465 e. The minimum atomic E-state index is -1.11. The average molecular weight is 353 g/mol. The Morgan fingerprint density at radius 3 is 3.12 bits per heavy atom. The second kappa shape index (κ2) is 6.74. The molecule has 0 amide bonds. The van der Waals surface area contributed by atoms with Crippen molar-refractivity contribution in [2.24, 2.45) is 16.8 Å². The predicted molar refractivity (Wildman–Crippen MR) is 95.3 cm³/mol. The Hall–Kier alpha value is -2.96. The quantitative estimate of drug-likeness (QED) is 0.506. The number of rotatable bonds is 5. The lowest BCUT2D eigenvalue weighted by Crippen LogP contribution is -2.28. The lowest BCUT2D eigenvalue weighted by Gasteiger charge is -2.06. The number of carbonyl (C=O) groups excluding carboxylic acids is 2.